The Balaban J connectivity index is 1.45. The maximum Gasteiger partial charge on any atom is 0.343 e. The van der Waals surface area contributed by atoms with Crippen LogP contribution in [0, 0.1) is 0 Å². The Kier molecular flexibility index (Phi) is 7.96. The minimum Gasteiger partial charge on any atom is -0.423 e. The molecule has 0 bridgehead atoms. The molecule has 0 heterocycles. The van der Waals surface area contributed by atoms with Gasteiger partial charge in [-0.2, -0.15) is 5.10 Å². The number of nitrogens with one attached hydrogen (secondary N) is 2. The van der Waals surface area contributed by atoms with E-state index >= 15 is 0 Å². The largest absolute Gasteiger partial charge is 0.423 e. The van der Waals surface area contributed by atoms with Crippen molar-refractivity contribution in [2.45, 2.75) is 0 Å². The van der Waals surface area contributed by atoms with Crippen molar-refractivity contribution in [1.29, 1.82) is 0 Å². The summed E-state index contributed by atoms with van der Waals surface area (Å²) in [7, 11) is 0. The summed E-state index contributed by atoms with van der Waals surface area (Å²) < 4.78 is 5.29. The van der Waals surface area contributed by atoms with Crippen molar-refractivity contribution in [2.24, 2.45) is 5.10 Å². The number of halogens is 2. The lowest BCUT2D eigenvalue weighted by Crippen LogP contribution is -2.34. The predicted octanol–water partition coefficient (Wildman–Crippen LogP) is 4.09. The number of hydrazone groups is 1. The van der Waals surface area contributed by atoms with Gasteiger partial charge in [0.05, 0.1) is 28.4 Å². The lowest BCUT2D eigenvalue weighted by Gasteiger charge is -2.05. The third-order valence-electron chi connectivity index (χ3n) is 4.09. The molecule has 162 valence electrons. The summed E-state index contributed by atoms with van der Waals surface area (Å²) in [6, 6.07) is 19.6. The summed E-state index contributed by atoms with van der Waals surface area (Å²) in [6.07, 6.45) is 1.42. The van der Waals surface area contributed by atoms with E-state index in [0.717, 1.165) is 0 Å². The highest BCUT2D eigenvalue weighted by Crippen LogP contribution is 2.22. The number of hydrogen-bond donors (Lipinski definition) is 2. The minimum absolute atomic E-state index is 0.245. The van der Waals surface area contributed by atoms with E-state index in [1.165, 1.54) is 24.4 Å². The third-order valence-corrected chi connectivity index (χ3v) is 4.83. The smallest absolute Gasteiger partial charge is 0.343 e. The molecular weight excluding hydrogens is 453 g/mol. The average molecular weight is 470 g/mol. The summed E-state index contributed by atoms with van der Waals surface area (Å²) in [4.78, 5) is 35.9. The molecule has 0 unspecified atom stereocenters. The topological polar surface area (TPSA) is 96.9 Å². The van der Waals surface area contributed by atoms with Crippen molar-refractivity contribution < 1.29 is 19.1 Å². The Labute approximate surface area is 194 Å². The molecule has 3 aromatic carbocycles. The van der Waals surface area contributed by atoms with Gasteiger partial charge in [0.25, 0.3) is 11.8 Å². The molecule has 32 heavy (non-hydrogen) atoms. The molecule has 9 heteroatoms. The maximum atomic E-state index is 12.0. The van der Waals surface area contributed by atoms with Crippen LogP contribution in [-0.4, -0.2) is 30.5 Å². The van der Waals surface area contributed by atoms with Crippen LogP contribution < -0.4 is 15.5 Å². The number of ether oxygens (including phenoxy) is 1. The molecule has 2 N–H and O–H groups in total. The normalized spacial score (nSPS) is 10.6. The molecule has 0 atom stereocenters. The van der Waals surface area contributed by atoms with E-state index in [1.54, 1.807) is 48.5 Å². The van der Waals surface area contributed by atoms with Crippen molar-refractivity contribution in [3.8, 4) is 5.75 Å². The van der Waals surface area contributed by atoms with Gasteiger partial charge in [0, 0.05) is 5.56 Å². The van der Waals surface area contributed by atoms with E-state index in [9.17, 15) is 14.4 Å². The molecule has 0 fully saturated rings. The van der Waals surface area contributed by atoms with Crippen LogP contribution in [0.15, 0.2) is 77.9 Å². The molecule has 0 saturated heterocycles. The van der Waals surface area contributed by atoms with Crippen molar-refractivity contribution >= 4 is 47.2 Å². The Bertz CT molecular complexity index is 1150. The van der Waals surface area contributed by atoms with Gasteiger partial charge in [-0.3, -0.25) is 9.59 Å². The zero-order chi connectivity index (χ0) is 22.9. The van der Waals surface area contributed by atoms with Crippen LogP contribution >= 0.6 is 23.2 Å². The first kappa shape index (κ1) is 23.0. The zero-order valence-corrected chi connectivity index (χ0v) is 18.1. The van der Waals surface area contributed by atoms with Crippen LogP contribution in [0.5, 0.6) is 5.75 Å². The van der Waals surface area contributed by atoms with Gasteiger partial charge < -0.3 is 10.1 Å². The highest BCUT2D eigenvalue weighted by atomic mass is 35.5. The summed E-state index contributed by atoms with van der Waals surface area (Å²) in [5.41, 5.74) is 3.71. The molecule has 2 amide bonds. The minimum atomic E-state index is -0.511. The molecule has 3 rings (SSSR count). The van der Waals surface area contributed by atoms with E-state index in [0.29, 0.717) is 21.9 Å². The second-order valence-corrected chi connectivity index (χ2v) is 7.24. The lowest BCUT2D eigenvalue weighted by atomic mass is 10.2. The van der Waals surface area contributed by atoms with E-state index in [-0.39, 0.29) is 17.1 Å². The summed E-state index contributed by atoms with van der Waals surface area (Å²) in [5.74, 6) is -1.06. The van der Waals surface area contributed by atoms with Crippen LogP contribution in [0.4, 0.5) is 0 Å². The van der Waals surface area contributed by atoms with E-state index in [1.807, 2.05) is 6.07 Å². The fraction of sp³-hybridized carbons (Fsp3) is 0.0435. The van der Waals surface area contributed by atoms with E-state index in [4.69, 9.17) is 27.9 Å². The van der Waals surface area contributed by atoms with E-state index < -0.39 is 17.8 Å². The molecule has 0 aliphatic carbocycles. The molecule has 0 spiro atoms. The highest BCUT2D eigenvalue weighted by molar-refractivity contribution is 6.42. The number of carbonyl (C=O) groups is 3. The van der Waals surface area contributed by atoms with E-state index in [2.05, 4.69) is 15.8 Å². The Morgan fingerprint density at radius 3 is 2.28 bits per heavy atom. The van der Waals surface area contributed by atoms with Gasteiger partial charge in [-0.15, -0.1) is 0 Å². The number of esters is 1. The van der Waals surface area contributed by atoms with Crippen LogP contribution in [0.25, 0.3) is 0 Å². The Hall–Kier alpha value is -3.68. The quantitative estimate of drug-likeness (QED) is 0.235. The van der Waals surface area contributed by atoms with Crippen LogP contribution in [0.3, 0.4) is 0 Å². The average Bonchev–Trinajstić information content (AvgIpc) is 2.81. The van der Waals surface area contributed by atoms with Gasteiger partial charge in [-0.05, 0) is 60.2 Å². The first-order chi connectivity index (χ1) is 15.4. The molecular formula is C23H17Cl2N3O4. The number of carbonyl (C=O) groups excluding carboxylic acids is 3. The van der Waals surface area contributed by atoms with Gasteiger partial charge in [0.2, 0.25) is 0 Å². The second-order valence-electron chi connectivity index (χ2n) is 6.43. The fourth-order valence-electron chi connectivity index (χ4n) is 2.48. The standard InChI is InChI=1S/C23H17Cl2N3O4/c24-19-11-8-17(12-20(19)25)22(30)26-14-21(29)28-27-13-15-6-9-18(10-7-15)32-23(31)16-4-2-1-3-5-16/h1-13H,14H2,(H,26,30)(H,28,29)/b27-13-. The van der Waals surface area contributed by atoms with Gasteiger partial charge >= 0.3 is 5.97 Å². The van der Waals surface area contributed by atoms with Crippen molar-refractivity contribution in [3.05, 3.63) is 99.5 Å². The number of nitrogens with zero attached hydrogens (tertiary/aromatic N) is 1. The fourth-order valence-corrected chi connectivity index (χ4v) is 2.78. The summed E-state index contributed by atoms with van der Waals surface area (Å²) in [5, 5.41) is 6.87. The van der Waals surface area contributed by atoms with Crippen LogP contribution in [0.1, 0.15) is 26.3 Å². The van der Waals surface area contributed by atoms with Crippen LogP contribution in [0.2, 0.25) is 10.0 Å². The molecule has 0 aliphatic rings. The molecule has 7 nitrogen and oxygen atoms in total. The SMILES string of the molecule is O=C(CNC(=O)c1ccc(Cl)c(Cl)c1)N/N=C\c1ccc(OC(=O)c2ccccc2)cc1. The van der Waals surface area contributed by atoms with Crippen molar-refractivity contribution in [3.63, 3.8) is 0 Å². The molecule has 0 saturated carbocycles. The monoisotopic (exact) mass is 469 g/mol. The van der Waals surface area contributed by atoms with Gasteiger partial charge in [-0.1, -0.05) is 41.4 Å². The van der Waals surface area contributed by atoms with Gasteiger partial charge in [0.15, 0.2) is 0 Å². The van der Waals surface area contributed by atoms with Crippen molar-refractivity contribution in [1.82, 2.24) is 10.7 Å². The summed E-state index contributed by atoms with van der Waals surface area (Å²) >= 11 is 11.7. The number of amides is 2. The third kappa shape index (κ3) is 6.66. The zero-order valence-electron chi connectivity index (χ0n) is 16.5. The van der Waals surface area contributed by atoms with Gasteiger partial charge in [-0.25, -0.2) is 10.2 Å². The maximum absolute atomic E-state index is 12.0. The Morgan fingerprint density at radius 1 is 0.875 bits per heavy atom. The lowest BCUT2D eigenvalue weighted by molar-refractivity contribution is -0.120. The summed E-state index contributed by atoms with van der Waals surface area (Å²) in [6.45, 7) is -0.273. The number of rotatable bonds is 7. The van der Waals surface area contributed by atoms with Crippen LogP contribution in [-0.2, 0) is 4.79 Å². The second kappa shape index (κ2) is 11.1. The predicted molar refractivity (Wildman–Crippen MR) is 122 cm³/mol. The first-order valence-corrected chi connectivity index (χ1v) is 10.1. The molecule has 0 radical (unpaired) electrons. The molecule has 0 aliphatic heterocycles. The number of hydrogen-bond acceptors (Lipinski definition) is 5. The first-order valence-electron chi connectivity index (χ1n) is 9.35. The molecule has 0 aromatic heterocycles. The highest BCUT2D eigenvalue weighted by Gasteiger charge is 2.10. The molecule has 3 aromatic rings. The van der Waals surface area contributed by atoms with Crippen molar-refractivity contribution in [2.75, 3.05) is 6.54 Å². The van der Waals surface area contributed by atoms with Gasteiger partial charge in [0.1, 0.15) is 5.75 Å². The Morgan fingerprint density at radius 2 is 1.59 bits per heavy atom. The number of benzene rings is 3.